The molecule has 0 aromatic rings. The highest BCUT2D eigenvalue weighted by molar-refractivity contribution is 5.99. The Morgan fingerprint density at radius 2 is 1.41 bits per heavy atom. The van der Waals surface area contributed by atoms with Crippen LogP contribution in [0, 0.1) is 5.41 Å². The standard InChI is InChI=1S/C10H13F3O4/c1-9(2,3)6(8(16)17)5(7(14)15)4-10(11,12)13/h4H2,1-3H3,(H,14,15)(H,16,17)/b6-5-. The second-order valence-corrected chi connectivity index (χ2v) is 4.51. The zero-order valence-electron chi connectivity index (χ0n) is 9.55. The lowest BCUT2D eigenvalue weighted by Crippen LogP contribution is -2.25. The van der Waals surface area contributed by atoms with Crippen molar-refractivity contribution in [3.63, 3.8) is 0 Å². The Balaban J connectivity index is 5.80. The van der Waals surface area contributed by atoms with E-state index in [1.165, 1.54) is 20.8 Å². The summed E-state index contributed by atoms with van der Waals surface area (Å²) in [4.78, 5) is 21.6. The van der Waals surface area contributed by atoms with Gasteiger partial charge in [-0.25, -0.2) is 9.59 Å². The van der Waals surface area contributed by atoms with Crippen LogP contribution in [0.4, 0.5) is 13.2 Å². The van der Waals surface area contributed by atoms with E-state index in [0.717, 1.165) is 0 Å². The summed E-state index contributed by atoms with van der Waals surface area (Å²) in [5.74, 6) is -3.52. The topological polar surface area (TPSA) is 74.6 Å². The van der Waals surface area contributed by atoms with Crippen LogP contribution in [0.15, 0.2) is 11.1 Å². The molecule has 0 aromatic heterocycles. The lowest BCUT2D eigenvalue weighted by Gasteiger charge is -2.22. The lowest BCUT2D eigenvalue weighted by atomic mass is 9.82. The van der Waals surface area contributed by atoms with Crippen molar-refractivity contribution in [2.24, 2.45) is 5.41 Å². The third-order valence-electron chi connectivity index (χ3n) is 1.90. The molecular formula is C10H13F3O4. The number of rotatable bonds is 3. The lowest BCUT2D eigenvalue weighted by molar-refractivity contribution is -0.144. The number of hydrogen-bond donors (Lipinski definition) is 2. The molecule has 4 nitrogen and oxygen atoms in total. The summed E-state index contributed by atoms with van der Waals surface area (Å²) >= 11 is 0. The first-order valence-electron chi connectivity index (χ1n) is 4.63. The summed E-state index contributed by atoms with van der Waals surface area (Å²) in [5.41, 5.74) is -3.05. The molecule has 0 fully saturated rings. The van der Waals surface area contributed by atoms with Gasteiger partial charge in [0.25, 0.3) is 0 Å². The quantitative estimate of drug-likeness (QED) is 0.758. The van der Waals surface area contributed by atoms with Gasteiger partial charge in [0.05, 0.1) is 17.6 Å². The van der Waals surface area contributed by atoms with Crippen LogP contribution in [0.3, 0.4) is 0 Å². The molecule has 0 aromatic carbocycles. The predicted molar refractivity (Wildman–Crippen MR) is 52.4 cm³/mol. The fourth-order valence-electron chi connectivity index (χ4n) is 1.37. The molecule has 0 amide bonds. The molecule has 0 spiro atoms. The first-order chi connectivity index (χ1) is 7.36. The Labute approximate surface area is 95.7 Å². The highest BCUT2D eigenvalue weighted by Crippen LogP contribution is 2.34. The monoisotopic (exact) mass is 254 g/mol. The first-order valence-corrected chi connectivity index (χ1v) is 4.63. The molecule has 0 aliphatic carbocycles. The van der Waals surface area contributed by atoms with Crippen LogP contribution < -0.4 is 0 Å². The van der Waals surface area contributed by atoms with Crippen LogP contribution >= 0.6 is 0 Å². The van der Waals surface area contributed by atoms with Crippen molar-refractivity contribution in [1.29, 1.82) is 0 Å². The van der Waals surface area contributed by atoms with Crippen molar-refractivity contribution in [2.75, 3.05) is 0 Å². The Morgan fingerprint density at radius 1 is 1.00 bits per heavy atom. The summed E-state index contributed by atoms with van der Waals surface area (Å²) in [6, 6.07) is 0. The van der Waals surface area contributed by atoms with Gasteiger partial charge in [-0.3, -0.25) is 0 Å². The molecule has 0 aliphatic rings. The number of carboxylic acids is 2. The fraction of sp³-hybridized carbons (Fsp3) is 0.600. The molecule has 0 atom stereocenters. The first kappa shape index (κ1) is 15.5. The zero-order chi connectivity index (χ0) is 14.0. The maximum atomic E-state index is 12.2. The third-order valence-corrected chi connectivity index (χ3v) is 1.90. The zero-order valence-corrected chi connectivity index (χ0v) is 9.55. The van der Waals surface area contributed by atoms with Crippen molar-refractivity contribution in [3.8, 4) is 0 Å². The van der Waals surface area contributed by atoms with Crippen LogP contribution in [0.2, 0.25) is 0 Å². The molecule has 98 valence electrons. The van der Waals surface area contributed by atoms with Crippen molar-refractivity contribution in [2.45, 2.75) is 33.4 Å². The van der Waals surface area contributed by atoms with Gasteiger partial charge in [0.15, 0.2) is 0 Å². The van der Waals surface area contributed by atoms with Gasteiger partial charge < -0.3 is 10.2 Å². The van der Waals surface area contributed by atoms with Gasteiger partial charge in [0.2, 0.25) is 0 Å². The SMILES string of the molecule is CC(C)(C)/C(C(=O)O)=C(/CC(F)(F)F)C(=O)O. The van der Waals surface area contributed by atoms with Crippen molar-refractivity contribution < 1.29 is 33.0 Å². The number of alkyl halides is 3. The molecule has 0 heterocycles. The van der Waals surface area contributed by atoms with Crippen molar-refractivity contribution in [3.05, 3.63) is 11.1 Å². The molecule has 0 unspecified atom stereocenters. The van der Waals surface area contributed by atoms with Gasteiger partial charge in [0, 0.05) is 0 Å². The van der Waals surface area contributed by atoms with Crippen LogP contribution in [0.1, 0.15) is 27.2 Å². The van der Waals surface area contributed by atoms with Crippen molar-refractivity contribution in [1.82, 2.24) is 0 Å². The minimum Gasteiger partial charge on any atom is -0.478 e. The van der Waals surface area contributed by atoms with Gasteiger partial charge in [-0.05, 0) is 5.41 Å². The highest BCUT2D eigenvalue weighted by atomic mass is 19.4. The predicted octanol–water partition coefficient (Wildman–Crippen LogP) is 2.45. The molecule has 0 saturated carbocycles. The van der Waals surface area contributed by atoms with Gasteiger partial charge in [-0.2, -0.15) is 13.2 Å². The smallest absolute Gasteiger partial charge is 0.393 e. The molecule has 0 saturated heterocycles. The summed E-state index contributed by atoms with van der Waals surface area (Å²) < 4.78 is 36.6. The molecule has 7 heteroatoms. The van der Waals surface area contributed by atoms with E-state index in [-0.39, 0.29) is 0 Å². The maximum Gasteiger partial charge on any atom is 0.393 e. The summed E-state index contributed by atoms with van der Waals surface area (Å²) in [7, 11) is 0. The van der Waals surface area contributed by atoms with Crippen LogP contribution in [0.25, 0.3) is 0 Å². The average Bonchev–Trinajstić information content (AvgIpc) is 1.96. The molecule has 0 rings (SSSR count). The maximum absolute atomic E-state index is 12.2. The summed E-state index contributed by atoms with van der Waals surface area (Å²) in [6.45, 7) is 4.03. The second kappa shape index (κ2) is 4.77. The van der Waals surface area contributed by atoms with Gasteiger partial charge in [-0.15, -0.1) is 0 Å². The summed E-state index contributed by atoms with van der Waals surface area (Å²) in [6.07, 6.45) is -6.53. The minimum atomic E-state index is -4.76. The second-order valence-electron chi connectivity index (χ2n) is 4.51. The van der Waals surface area contributed by atoms with E-state index in [2.05, 4.69) is 0 Å². The Kier molecular flexibility index (Phi) is 4.34. The third kappa shape index (κ3) is 4.88. The number of carboxylic acid groups (broad SMARTS) is 2. The molecule has 0 radical (unpaired) electrons. The normalized spacial score (nSPS) is 14.2. The van der Waals surface area contributed by atoms with Gasteiger partial charge in [0.1, 0.15) is 0 Å². The summed E-state index contributed by atoms with van der Waals surface area (Å²) in [5, 5.41) is 17.5. The van der Waals surface area contributed by atoms with Gasteiger partial charge in [-0.1, -0.05) is 20.8 Å². The number of carbonyl (C=O) groups is 2. The molecule has 0 aliphatic heterocycles. The average molecular weight is 254 g/mol. The van der Waals surface area contributed by atoms with Gasteiger partial charge >= 0.3 is 18.1 Å². The molecule has 2 N–H and O–H groups in total. The number of hydrogen-bond acceptors (Lipinski definition) is 2. The molecular weight excluding hydrogens is 241 g/mol. The van der Waals surface area contributed by atoms with E-state index in [9.17, 15) is 22.8 Å². The van der Waals surface area contributed by atoms with E-state index in [1.54, 1.807) is 0 Å². The number of aliphatic carboxylic acids is 2. The fourth-order valence-corrected chi connectivity index (χ4v) is 1.37. The van der Waals surface area contributed by atoms with Crippen LogP contribution in [-0.2, 0) is 9.59 Å². The Hall–Kier alpha value is -1.53. The molecule has 17 heavy (non-hydrogen) atoms. The Bertz CT molecular complexity index is 361. The largest absolute Gasteiger partial charge is 0.478 e. The van der Waals surface area contributed by atoms with E-state index >= 15 is 0 Å². The Morgan fingerprint density at radius 3 is 1.59 bits per heavy atom. The van der Waals surface area contributed by atoms with E-state index in [0.29, 0.717) is 0 Å². The minimum absolute atomic E-state index is 0.734. The van der Waals surface area contributed by atoms with Crippen LogP contribution in [0.5, 0.6) is 0 Å². The highest BCUT2D eigenvalue weighted by Gasteiger charge is 2.37. The van der Waals surface area contributed by atoms with E-state index in [4.69, 9.17) is 10.2 Å². The van der Waals surface area contributed by atoms with Crippen LogP contribution in [-0.4, -0.2) is 28.3 Å². The van der Waals surface area contributed by atoms with E-state index < -0.39 is 41.1 Å². The van der Waals surface area contributed by atoms with E-state index in [1.807, 2.05) is 0 Å². The molecule has 0 bridgehead atoms. The number of halogens is 3. The van der Waals surface area contributed by atoms with Crippen molar-refractivity contribution >= 4 is 11.9 Å².